The molecule has 0 aliphatic carbocycles. The van der Waals surface area contributed by atoms with Crippen molar-refractivity contribution in [2.45, 2.75) is 20.1 Å². The molecule has 7 nitrogen and oxygen atoms in total. The number of aromatic hydroxyl groups is 1. The van der Waals surface area contributed by atoms with Crippen LogP contribution < -0.4 is 15.5 Å². The Hall–Kier alpha value is -0.980. The zero-order valence-corrected chi connectivity index (χ0v) is 9.57. The summed E-state index contributed by atoms with van der Waals surface area (Å²) in [6.45, 7) is 1.41. The molecule has 16 heavy (non-hydrogen) atoms. The van der Waals surface area contributed by atoms with E-state index in [0.717, 1.165) is 0 Å². The summed E-state index contributed by atoms with van der Waals surface area (Å²) in [7, 11) is -5.02. The van der Waals surface area contributed by atoms with Crippen LogP contribution in [-0.2, 0) is 22.2 Å². The average Bonchev–Trinajstić information content (AvgIpc) is 2.18. The Morgan fingerprint density at radius 1 is 1.62 bits per heavy atom. The summed E-state index contributed by atoms with van der Waals surface area (Å²) in [4.78, 5) is 24.5. The molecule has 1 aromatic heterocycles. The van der Waals surface area contributed by atoms with Gasteiger partial charge in [-0.25, -0.2) is 0 Å². The monoisotopic (exact) mass is 247 g/mol. The molecule has 0 aliphatic rings. The Kier molecular flexibility index (Phi) is 4.01. The van der Waals surface area contributed by atoms with Crippen molar-refractivity contribution in [2.75, 3.05) is 0 Å². The van der Waals surface area contributed by atoms with Gasteiger partial charge in [0, 0.05) is 11.8 Å². The third-order valence-electron chi connectivity index (χ3n) is 2.06. The van der Waals surface area contributed by atoms with Gasteiger partial charge in [0.2, 0.25) is 0 Å². The van der Waals surface area contributed by atoms with Crippen molar-refractivity contribution >= 4 is 7.82 Å². The second-order valence-electron chi connectivity index (χ2n) is 3.17. The van der Waals surface area contributed by atoms with Crippen LogP contribution in [0.2, 0.25) is 0 Å². The summed E-state index contributed by atoms with van der Waals surface area (Å²) in [5.74, 6) is -0.0530. The van der Waals surface area contributed by atoms with Crippen LogP contribution in [-0.4, -0.2) is 10.1 Å². The minimum atomic E-state index is -5.02. The highest BCUT2D eigenvalue weighted by Gasteiger charge is 2.12. The van der Waals surface area contributed by atoms with E-state index in [2.05, 4.69) is 15.2 Å². The summed E-state index contributed by atoms with van der Waals surface area (Å²) in [5.41, 5.74) is 4.78. The van der Waals surface area contributed by atoms with Crippen LogP contribution in [0.5, 0.6) is 5.75 Å². The smallest absolute Gasteiger partial charge is 0.145 e. The summed E-state index contributed by atoms with van der Waals surface area (Å²) in [5, 5.41) is 9.62. The summed E-state index contributed by atoms with van der Waals surface area (Å²) in [6, 6.07) is 0. The Morgan fingerprint density at radius 3 is 2.75 bits per heavy atom. The van der Waals surface area contributed by atoms with Gasteiger partial charge in [-0.05, 0) is 6.92 Å². The number of rotatable bonds is 4. The van der Waals surface area contributed by atoms with E-state index in [9.17, 15) is 19.5 Å². The molecule has 4 N–H and O–H groups in total. The van der Waals surface area contributed by atoms with Gasteiger partial charge in [-0.3, -0.25) is 4.98 Å². The SMILES string of the molecule is Cc1ncc(COP(=O)([O-])[O-])c(C[NH3+])c1O. The Balaban J connectivity index is 2.97. The van der Waals surface area contributed by atoms with Gasteiger partial charge in [-0.15, -0.1) is 0 Å². The van der Waals surface area contributed by atoms with Gasteiger partial charge in [0.25, 0.3) is 0 Å². The lowest BCUT2D eigenvalue weighted by Gasteiger charge is -2.28. The second-order valence-corrected chi connectivity index (χ2v) is 4.32. The standard InChI is InChI=1S/C8H13N2O5P/c1-5-8(11)7(2-9)6(3-10-5)4-15-16(12,13)14/h3,11H,2,4,9H2,1H3,(H2,12,13,14)/p-1. The van der Waals surface area contributed by atoms with Gasteiger partial charge in [0.1, 0.15) is 12.3 Å². The van der Waals surface area contributed by atoms with Crippen LogP contribution >= 0.6 is 7.82 Å². The van der Waals surface area contributed by atoms with Crippen molar-refractivity contribution < 1.29 is 29.7 Å². The Bertz CT molecular complexity index is 431. The number of hydrogen-bond acceptors (Lipinski definition) is 6. The van der Waals surface area contributed by atoms with Gasteiger partial charge in [0.15, 0.2) is 0 Å². The number of nitrogens with zero attached hydrogens (tertiary/aromatic N) is 1. The van der Waals surface area contributed by atoms with E-state index in [-0.39, 0.29) is 12.3 Å². The Morgan fingerprint density at radius 2 is 2.25 bits per heavy atom. The second kappa shape index (κ2) is 4.90. The van der Waals surface area contributed by atoms with E-state index < -0.39 is 14.4 Å². The predicted molar refractivity (Wildman–Crippen MR) is 49.6 cm³/mol. The van der Waals surface area contributed by atoms with E-state index in [0.29, 0.717) is 16.8 Å². The molecule has 0 saturated carbocycles. The number of hydrogen-bond donors (Lipinski definition) is 2. The van der Waals surface area contributed by atoms with E-state index in [1.807, 2.05) is 0 Å². The molecule has 1 rings (SSSR count). The largest absolute Gasteiger partial charge is 0.790 e. The van der Waals surface area contributed by atoms with Crippen molar-refractivity contribution in [1.29, 1.82) is 0 Å². The van der Waals surface area contributed by atoms with Crippen LogP contribution in [0.4, 0.5) is 0 Å². The third kappa shape index (κ3) is 3.26. The first-order valence-corrected chi connectivity index (χ1v) is 5.93. The van der Waals surface area contributed by atoms with E-state index >= 15 is 0 Å². The molecule has 1 heterocycles. The number of quaternary nitrogens is 1. The molecule has 0 bridgehead atoms. The molecule has 0 spiro atoms. The molecular formula is C8H12N2O5P-. The molecule has 8 heteroatoms. The quantitative estimate of drug-likeness (QED) is 0.602. The van der Waals surface area contributed by atoms with Crippen LogP contribution in [0.15, 0.2) is 6.20 Å². The lowest BCUT2D eigenvalue weighted by atomic mass is 10.1. The fourth-order valence-corrected chi connectivity index (χ4v) is 1.53. The van der Waals surface area contributed by atoms with Crippen LogP contribution in [0.1, 0.15) is 16.8 Å². The van der Waals surface area contributed by atoms with Gasteiger partial charge >= 0.3 is 0 Å². The van der Waals surface area contributed by atoms with E-state index in [1.165, 1.54) is 6.20 Å². The molecule has 0 saturated heterocycles. The molecule has 1 aromatic rings. The van der Waals surface area contributed by atoms with Crippen molar-refractivity contribution in [3.05, 3.63) is 23.0 Å². The van der Waals surface area contributed by atoms with E-state index in [1.54, 1.807) is 6.92 Å². The van der Waals surface area contributed by atoms with Gasteiger partial charge in [-0.1, -0.05) is 0 Å². The highest BCUT2D eigenvalue weighted by atomic mass is 31.2. The van der Waals surface area contributed by atoms with Gasteiger partial charge in [0.05, 0.1) is 25.7 Å². The first-order valence-electron chi connectivity index (χ1n) is 4.47. The predicted octanol–water partition coefficient (Wildman–Crippen LogP) is -1.82. The minimum absolute atomic E-state index is 0.0530. The molecule has 0 aliphatic heterocycles. The summed E-state index contributed by atoms with van der Waals surface area (Å²) in [6.07, 6.45) is 1.35. The normalized spacial score (nSPS) is 11.8. The lowest BCUT2D eigenvalue weighted by molar-refractivity contribution is -0.387. The third-order valence-corrected chi connectivity index (χ3v) is 2.50. The number of phosphoric acid groups is 1. The molecule has 0 aromatic carbocycles. The fraction of sp³-hybridized carbons (Fsp3) is 0.375. The zero-order chi connectivity index (χ0) is 12.3. The molecule has 90 valence electrons. The fourth-order valence-electron chi connectivity index (χ4n) is 1.24. The van der Waals surface area contributed by atoms with Crippen LogP contribution in [0.25, 0.3) is 0 Å². The topological polar surface area (TPSA) is 133 Å². The zero-order valence-electron chi connectivity index (χ0n) is 8.67. The molecular weight excluding hydrogens is 235 g/mol. The highest BCUT2D eigenvalue weighted by Crippen LogP contribution is 2.29. The molecule has 0 amide bonds. The number of pyridine rings is 1. The minimum Gasteiger partial charge on any atom is -0.790 e. The van der Waals surface area contributed by atoms with Crippen molar-refractivity contribution in [3.8, 4) is 5.75 Å². The van der Waals surface area contributed by atoms with Crippen LogP contribution in [0.3, 0.4) is 0 Å². The first-order chi connectivity index (χ1) is 7.35. The molecule has 0 fully saturated rings. The van der Waals surface area contributed by atoms with Crippen molar-refractivity contribution in [3.63, 3.8) is 0 Å². The molecule has 0 atom stereocenters. The number of phosphoric ester groups is 1. The maximum absolute atomic E-state index is 10.3. The van der Waals surface area contributed by atoms with Crippen LogP contribution in [0, 0.1) is 6.92 Å². The lowest BCUT2D eigenvalue weighted by Crippen LogP contribution is -2.48. The molecule has 0 unspecified atom stereocenters. The summed E-state index contributed by atoms with van der Waals surface area (Å²) < 4.78 is 14.4. The molecule has 0 radical (unpaired) electrons. The van der Waals surface area contributed by atoms with Crippen molar-refractivity contribution in [2.24, 2.45) is 0 Å². The maximum Gasteiger partial charge on any atom is 0.145 e. The highest BCUT2D eigenvalue weighted by molar-refractivity contribution is 7.43. The Labute approximate surface area is 92.1 Å². The first kappa shape index (κ1) is 13.1. The maximum atomic E-state index is 10.3. The number of aromatic nitrogens is 1. The van der Waals surface area contributed by atoms with Gasteiger partial charge in [-0.2, -0.15) is 0 Å². The van der Waals surface area contributed by atoms with Crippen molar-refractivity contribution in [1.82, 2.24) is 4.98 Å². The van der Waals surface area contributed by atoms with Gasteiger partial charge < -0.3 is 29.7 Å². The average molecular weight is 247 g/mol. The number of aryl methyl sites for hydroxylation is 1. The summed E-state index contributed by atoms with van der Waals surface area (Å²) >= 11 is 0. The van der Waals surface area contributed by atoms with E-state index in [4.69, 9.17) is 0 Å².